The Morgan fingerprint density at radius 3 is 2.67 bits per heavy atom. The minimum atomic E-state index is -0.642. The van der Waals surface area contributed by atoms with Gasteiger partial charge in [0.25, 0.3) is 11.7 Å². The van der Waals surface area contributed by atoms with E-state index in [1.165, 1.54) is 11.3 Å². The Hall–Kier alpha value is -2.96. The van der Waals surface area contributed by atoms with Gasteiger partial charge in [-0.3, -0.25) is 9.59 Å². The average Bonchev–Trinajstić information content (AvgIpc) is 3.52. The third-order valence-electron chi connectivity index (χ3n) is 5.80. The van der Waals surface area contributed by atoms with Crippen molar-refractivity contribution in [2.45, 2.75) is 25.0 Å². The highest BCUT2D eigenvalue weighted by molar-refractivity contribution is 7.10. The van der Waals surface area contributed by atoms with E-state index in [0.29, 0.717) is 18.7 Å². The van der Waals surface area contributed by atoms with E-state index in [1.807, 2.05) is 53.9 Å². The second-order valence-electron chi connectivity index (χ2n) is 7.66. The second-order valence-corrected chi connectivity index (χ2v) is 8.64. The van der Waals surface area contributed by atoms with Crippen LogP contribution in [0.3, 0.4) is 0 Å². The molecule has 5 nitrogen and oxygen atoms in total. The predicted molar refractivity (Wildman–Crippen MR) is 116 cm³/mol. The fourth-order valence-electron chi connectivity index (χ4n) is 4.31. The number of fused-ring (bicyclic) bond motifs is 1. The van der Waals surface area contributed by atoms with Gasteiger partial charge in [-0.2, -0.15) is 0 Å². The highest BCUT2D eigenvalue weighted by Crippen LogP contribution is 2.41. The lowest BCUT2D eigenvalue weighted by atomic mass is 9.98. The van der Waals surface area contributed by atoms with E-state index in [9.17, 15) is 14.7 Å². The maximum atomic E-state index is 13.0. The molecule has 2 aromatic carbocycles. The molecule has 0 aliphatic carbocycles. The summed E-state index contributed by atoms with van der Waals surface area (Å²) in [5.74, 6) is -1.35. The van der Waals surface area contributed by atoms with Crippen LogP contribution in [0.15, 0.2) is 65.6 Å². The van der Waals surface area contributed by atoms with Crippen molar-refractivity contribution in [1.29, 1.82) is 0 Å². The number of ketones is 1. The molecule has 0 radical (unpaired) electrons. The van der Waals surface area contributed by atoms with Crippen LogP contribution in [0.4, 0.5) is 0 Å². The lowest BCUT2D eigenvalue weighted by Gasteiger charge is -2.26. The van der Waals surface area contributed by atoms with Gasteiger partial charge in [0.15, 0.2) is 0 Å². The maximum Gasteiger partial charge on any atom is 0.295 e. The Kier molecular flexibility index (Phi) is 4.89. The molecule has 3 aromatic rings. The number of carbonyl (C=O) groups excluding carboxylic acids is 2. The van der Waals surface area contributed by atoms with Gasteiger partial charge < -0.3 is 14.7 Å². The number of likely N-dealkylation sites (tertiary alicyclic amines) is 1. The van der Waals surface area contributed by atoms with Gasteiger partial charge in [-0.1, -0.05) is 42.5 Å². The SMILES string of the molecule is O=C1C(=O)N(CC2CCCO2)C(c2cccs2)/C1=C(/O)c1ccc2ccccc2c1. The van der Waals surface area contributed by atoms with Crippen LogP contribution < -0.4 is 0 Å². The largest absolute Gasteiger partial charge is 0.507 e. The summed E-state index contributed by atoms with van der Waals surface area (Å²) >= 11 is 1.47. The zero-order chi connectivity index (χ0) is 20.7. The molecule has 152 valence electrons. The first-order valence-corrected chi connectivity index (χ1v) is 10.9. The molecule has 2 saturated heterocycles. The molecule has 2 atom stereocenters. The van der Waals surface area contributed by atoms with Gasteiger partial charge in [0.1, 0.15) is 5.76 Å². The molecule has 0 saturated carbocycles. The average molecular weight is 420 g/mol. The number of aliphatic hydroxyl groups is 1. The number of thiophene rings is 1. The zero-order valence-corrected chi connectivity index (χ0v) is 17.1. The minimum absolute atomic E-state index is 0.0774. The summed E-state index contributed by atoms with van der Waals surface area (Å²) in [5.41, 5.74) is 0.682. The van der Waals surface area contributed by atoms with Crippen LogP contribution in [0.25, 0.3) is 16.5 Å². The topological polar surface area (TPSA) is 66.8 Å². The van der Waals surface area contributed by atoms with Crippen molar-refractivity contribution < 1.29 is 19.4 Å². The number of benzene rings is 2. The number of rotatable bonds is 4. The van der Waals surface area contributed by atoms with Gasteiger partial charge in [0, 0.05) is 23.6 Å². The number of aliphatic hydroxyl groups excluding tert-OH is 1. The molecule has 0 spiro atoms. The van der Waals surface area contributed by atoms with Crippen molar-refractivity contribution >= 4 is 39.6 Å². The number of hydrogen-bond donors (Lipinski definition) is 1. The molecule has 0 bridgehead atoms. The van der Waals surface area contributed by atoms with Crippen LogP contribution in [0.5, 0.6) is 0 Å². The number of nitrogens with zero attached hydrogens (tertiary/aromatic N) is 1. The van der Waals surface area contributed by atoms with Gasteiger partial charge >= 0.3 is 0 Å². The second kappa shape index (κ2) is 7.70. The molecule has 30 heavy (non-hydrogen) atoms. The normalized spacial score (nSPS) is 23.5. The Bertz CT molecular complexity index is 1140. The maximum absolute atomic E-state index is 13.0. The molecule has 1 amide bonds. The van der Waals surface area contributed by atoms with Crippen LogP contribution in [0.1, 0.15) is 29.3 Å². The molecule has 1 N–H and O–H groups in total. The van der Waals surface area contributed by atoms with Crippen molar-refractivity contribution in [3.8, 4) is 0 Å². The predicted octanol–water partition coefficient (Wildman–Crippen LogP) is 4.50. The molecule has 5 rings (SSSR count). The van der Waals surface area contributed by atoms with Crippen molar-refractivity contribution in [3.63, 3.8) is 0 Å². The number of Topliss-reactive ketones (excluding diaryl/α,β-unsaturated/α-hetero) is 1. The van der Waals surface area contributed by atoms with E-state index in [-0.39, 0.29) is 17.4 Å². The van der Waals surface area contributed by atoms with Crippen LogP contribution >= 0.6 is 11.3 Å². The Morgan fingerprint density at radius 1 is 1.10 bits per heavy atom. The van der Waals surface area contributed by atoms with Crippen molar-refractivity contribution in [3.05, 3.63) is 76.0 Å². The molecule has 2 aliphatic rings. The third-order valence-corrected chi connectivity index (χ3v) is 6.72. The van der Waals surface area contributed by atoms with Gasteiger partial charge in [-0.25, -0.2) is 0 Å². The molecule has 3 heterocycles. The minimum Gasteiger partial charge on any atom is -0.507 e. The molecule has 2 aliphatic heterocycles. The van der Waals surface area contributed by atoms with Gasteiger partial charge in [-0.15, -0.1) is 11.3 Å². The quantitative estimate of drug-likeness (QED) is 0.384. The summed E-state index contributed by atoms with van der Waals surface area (Å²) in [7, 11) is 0. The lowest BCUT2D eigenvalue weighted by molar-refractivity contribution is -0.140. The number of hydrogen-bond acceptors (Lipinski definition) is 5. The fourth-order valence-corrected chi connectivity index (χ4v) is 5.16. The number of ether oxygens (including phenoxy) is 1. The van der Waals surface area contributed by atoms with E-state index in [1.54, 1.807) is 11.0 Å². The first-order chi connectivity index (χ1) is 14.6. The fraction of sp³-hybridized carbons (Fsp3) is 0.250. The van der Waals surface area contributed by atoms with Crippen LogP contribution in [-0.2, 0) is 14.3 Å². The van der Waals surface area contributed by atoms with Crippen LogP contribution in [0, 0.1) is 0 Å². The van der Waals surface area contributed by atoms with Crippen molar-refractivity contribution in [1.82, 2.24) is 4.90 Å². The molecule has 2 unspecified atom stereocenters. The number of carbonyl (C=O) groups is 2. The summed E-state index contributed by atoms with van der Waals surface area (Å²) in [6.07, 6.45) is 1.74. The van der Waals surface area contributed by atoms with E-state index >= 15 is 0 Å². The smallest absolute Gasteiger partial charge is 0.295 e. The summed E-state index contributed by atoms with van der Waals surface area (Å²) in [5, 5.41) is 15.1. The van der Waals surface area contributed by atoms with E-state index < -0.39 is 17.7 Å². The summed E-state index contributed by atoms with van der Waals surface area (Å²) < 4.78 is 5.71. The van der Waals surface area contributed by atoms with Crippen molar-refractivity contribution in [2.75, 3.05) is 13.2 Å². The molecular weight excluding hydrogens is 398 g/mol. The summed E-state index contributed by atoms with van der Waals surface area (Å²) in [6.45, 7) is 1.02. The summed E-state index contributed by atoms with van der Waals surface area (Å²) in [6, 6.07) is 16.6. The first-order valence-electron chi connectivity index (χ1n) is 10.1. The third kappa shape index (κ3) is 3.22. The lowest BCUT2D eigenvalue weighted by Crippen LogP contribution is -2.36. The van der Waals surface area contributed by atoms with Crippen LogP contribution in [-0.4, -0.2) is 41.0 Å². The first kappa shape index (κ1) is 19.0. The van der Waals surface area contributed by atoms with E-state index in [4.69, 9.17) is 4.74 Å². The highest BCUT2D eigenvalue weighted by atomic mass is 32.1. The monoisotopic (exact) mass is 419 g/mol. The summed E-state index contributed by atoms with van der Waals surface area (Å²) in [4.78, 5) is 28.4. The highest BCUT2D eigenvalue weighted by Gasteiger charge is 2.47. The molecule has 1 aromatic heterocycles. The van der Waals surface area contributed by atoms with Crippen molar-refractivity contribution in [2.24, 2.45) is 0 Å². The Labute approximate surface area is 178 Å². The Balaban J connectivity index is 1.61. The van der Waals surface area contributed by atoms with Crippen LogP contribution in [0.2, 0.25) is 0 Å². The van der Waals surface area contributed by atoms with Gasteiger partial charge in [0.05, 0.1) is 17.7 Å². The molecule has 2 fully saturated rings. The number of amides is 1. The van der Waals surface area contributed by atoms with Gasteiger partial charge in [-0.05, 0) is 41.1 Å². The molecular formula is C24H21NO4S. The van der Waals surface area contributed by atoms with E-state index in [2.05, 4.69) is 0 Å². The molecule has 6 heteroatoms. The zero-order valence-electron chi connectivity index (χ0n) is 16.3. The Morgan fingerprint density at radius 2 is 1.93 bits per heavy atom. The van der Waals surface area contributed by atoms with Gasteiger partial charge in [0.2, 0.25) is 0 Å². The standard InChI is InChI=1S/C24H21NO4S/c26-22(17-10-9-15-5-1-2-6-16(15)13-17)20-21(19-8-4-12-30-19)25(24(28)23(20)27)14-18-7-3-11-29-18/h1-2,4-6,8-10,12-13,18,21,26H,3,7,11,14H2/b22-20-. The van der Waals surface area contributed by atoms with E-state index in [0.717, 1.165) is 28.5 Å².